The highest BCUT2D eigenvalue weighted by Crippen LogP contribution is 2.20. The lowest BCUT2D eigenvalue weighted by molar-refractivity contribution is -0.123. The third-order valence-electron chi connectivity index (χ3n) is 4.99. The predicted molar refractivity (Wildman–Crippen MR) is 118 cm³/mol. The summed E-state index contributed by atoms with van der Waals surface area (Å²) in [6, 6.07) is 13.2. The Labute approximate surface area is 190 Å². The topological polar surface area (TPSA) is 73.9 Å². The molecule has 0 radical (unpaired) electrons. The highest BCUT2D eigenvalue weighted by molar-refractivity contribution is 6.33. The molecule has 0 saturated carbocycles. The fourth-order valence-corrected chi connectivity index (χ4v) is 3.49. The zero-order chi connectivity index (χ0) is 22.9. The van der Waals surface area contributed by atoms with Crippen LogP contribution in [-0.2, 0) is 16.1 Å². The molecule has 1 saturated heterocycles. The van der Waals surface area contributed by atoms with Crippen LogP contribution in [0.1, 0.15) is 5.56 Å². The molecule has 32 heavy (non-hydrogen) atoms. The number of nitrogens with zero attached hydrogens (tertiary/aromatic N) is 2. The van der Waals surface area contributed by atoms with E-state index in [1.807, 2.05) is 15.9 Å². The van der Waals surface area contributed by atoms with Crippen molar-refractivity contribution >= 4 is 29.1 Å². The maximum atomic E-state index is 12.3. The minimum absolute atomic E-state index is 0.0773. The van der Waals surface area contributed by atoms with Gasteiger partial charge in [0, 0.05) is 32.7 Å². The van der Waals surface area contributed by atoms with Crippen molar-refractivity contribution in [3.05, 3.63) is 59.1 Å². The summed E-state index contributed by atoms with van der Waals surface area (Å²) in [5.74, 6) is -0.175. The first-order valence-corrected chi connectivity index (χ1v) is 10.6. The van der Waals surface area contributed by atoms with Gasteiger partial charge in [-0.2, -0.15) is 8.78 Å². The van der Waals surface area contributed by atoms with E-state index in [0.29, 0.717) is 43.4 Å². The molecule has 1 aliphatic heterocycles. The van der Waals surface area contributed by atoms with E-state index in [4.69, 9.17) is 11.6 Å². The predicted octanol–water partition coefficient (Wildman–Crippen LogP) is 2.81. The number of amides is 2. The smallest absolute Gasteiger partial charge is 0.387 e. The second-order valence-electron chi connectivity index (χ2n) is 7.38. The van der Waals surface area contributed by atoms with E-state index in [2.05, 4.69) is 15.4 Å². The lowest BCUT2D eigenvalue weighted by atomic mass is 10.2. The Kier molecular flexibility index (Phi) is 8.78. The molecule has 0 atom stereocenters. The van der Waals surface area contributed by atoms with E-state index in [1.54, 1.807) is 30.3 Å². The summed E-state index contributed by atoms with van der Waals surface area (Å²) in [4.78, 5) is 28.5. The molecule has 7 nitrogen and oxygen atoms in total. The van der Waals surface area contributed by atoms with Gasteiger partial charge in [-0.25, -0.2) is 0 Å². The second-order valence-corrected chi connectivity index (χ2v) is 7.79. The van der Waals surface area contributed by atoms with Crippen LogP contribution < -0.4 is 15.4 Å². The first-order chi connectivity index (χ1) is 15.4. The number of carbonyl (C=O) groups is 2. The molecule has 172 valence electrons. The number of carbonyl (C=O) groups excluding carboxylic acids is 2. The Morgan fingerprint density at radius 3 is 2.12 bits per heavy atom. The molecule has 1 aliphatic rings. The molecule has 1 fully saturated rings. The van der Waals surface area contributed by atoms with Gasteiger partial charge in [0.25, 0.3) is 0 Å². The van der Waals surface area contributed by atoms with Crippen LogP contribution in [0.5, 0.6) is 5.75 Å². The van der Waals surface area contributed by atoms with E-state index in [1.165, 1.54) is 12.1 Å². The molecule has 2 aromatic rings. The summed E-state index contributed by atoms with van der Waals surface area (Å²) in [7, 11) is 0. The molecule has 0 unspecified atom stereocenters. The standard InChI is InChI=1S/C22H25ClF2N4O3/c23-18-3-1-2-4-19(18)27-21(31)15-29-11-9-28(10-12-29)14-20(30)26-13-16-5-7-17(8-6-16)32-22(24)25/h1-8,22H,9-15H2,(H,26,30)(H,27,31). The van der Waals surface area contributed by atoms with Gasteiger partial charge >= 0.3 is 6.61 Å². The lowest BCUT2D eigenvalue weighted by Crippen LogP contribution is -2.50. The molecule has 0 aliphatic carbocycles. The van der Waals surface area contributed by atoms with E-state index in [-0.39, 0.29) is 30.7 Å². The molecule has 3 rings (SSSR count). The molecule has 2 aromatic carbocycles. The third-order valence-corrected chi connectivity index (χ3v) is 5.32. The number of hydrogen-bond acceptors (Lipinski definition) is 5. The number of halogens is 3. The van der Waals surface area contributed by atoms with Gasteiger partial charge in [-0.05, 0) is 29.8 Å². The number of benzene rings is 2. The quantitative estimate of drug-likeness (QED) is 0.594. The molecule has 2 N–H and O–H groups in total. The van der Waals surface area contributed by atoms with Gasteiger partial charge in [-0.1, -0.05) is 35.9 Å². The molecule has 1 heterocycles. The molecule has 0 spiro atoms. The number of ether oxygens (including phenoxy) is 1. The Morgan fingerprint density at radius 2 is 1.53 bits per heavy atom. The summed E-state index contributed by atoms with van der Waals surface area (Å²) in [6.45, 7) is 0.652. The second kappa shape index (κ2) is 11.8. The Bertz CT molecular complexity index is 906. The maximum absolute atomic E-state index is 12.3. The average molecular weight is 467 g/mol. The van der Waals surface area contributed by atoms with Gasteiger partial charge in [0.15, 0.2) is 0 Å². The van der Waals surface area contributed by atoms with Gasteiger partial charge in [0.1, 0.15) is 5.75 Å². The Balaban J connectivity index is 1.34. The van der Waals surface area contributed by atoms with Crippen LogP contribution in [0, 0.1) is 0 Å². The van der Waals surface area contributed by atoms with E-state index < -0.39 is 6.61 Å². The summed E-state index contributed by atoms with van der Waals surface area (Å²) in [6.07, 6.45) is 0. The van der Waals surface area contributed by atoms with Gasteiger partial charge < -0.3 is 15.4 Å². The van der Waals surface area contributed by atoms with Gasteiger partial charge in [0.05, 0.1) is 23.8 Å². The number of para-hydroxylation sites is 1. The maximum Gasteiger partial charge on any atom is 0.387 e. The van der Waals surface area contributed by atoms with Crippen molar-refractivity contribution in [3.63, 3.8) is 0 Å². The largest absolute Gasteiger partial charge is 0.435 e. The first kappa shape index (κ1) is 23.9. The Hall–Kier alpha value is -2.75. The van der Waals surface area contributed by atoms with Crippen LogP contribution in [0.15, 0.2) is 48.5 Å². The Morgan fingerprint density at radius 1 is 0.938 bits per heavy atom. The third kappa shape index (κ3) is 7.74. The van der Waals surface area contributed by atoms with Crippen LogP contribution in [-0.4, -0.2) is 67.5 Å². The van der Waals surface area contributed by atoms with Crippen LogP contribution in [0.2, 0.25) is 5.02 Å². The number of hydrogen-bond donors (Lipinski definition) is 2. The monoisotopic (exact) mass is 466 g/mol. The van der Waals surface area contributed by atoms with Crippen LogP contribution in [0.25, 0.3) is 0 Å². The number of anilines is 1. The van der Waals surface area contributed by atoms with Crippen molar-refractivity contribution in [2.45, 2.75) is 13.2 Å². The summed E-state index contributed by atoms with van der Waals surface area (Å²) in [5.41, 5.74) is 1.37. The van der Waals surface area contributed by atoms with Crippen molar-refractivity contribution in [1.82, 2.24) is 15.1 Å². The van der Waals surface area contributed by atoms with Crippen LogP contribution in [0.4, 0.5) is 14.5 Å². The fraction of sp³-hybridized carbons (Fsp3) is 0.364. The molecule has 0 bridgehead atoms. The first-order valence-electron chi connectivity index (χ1n) is 10.2. The number of alkyl halides is 2. The molecule has 10 heteroatoms. The number of nitrogens with one attached hydrogen (secondary N) is 2. The van der Waals surface area contributed by atoms with Crippen LogP contribution >= 0.6 is 11.6 Å². The molecule has 0 aromatic heterocycles. The minimum atomic E-state index is -2.86. The zero-order valence-corrected chi connectivity index (χ0v) is 18.2. The normalized spacial score (nSPS) is 14.9. The van der Waals surface area contributed by atoms with Crippen molar-refractivity contribution in [1.29, 1.82) is 0 Å². The van der Waals surface area contributed by atoms with E-state index in [9.17, 15) is 18.4 Å². The molecule has 2 amide bonds. The average Bonchev–Trinajstić information content (AvgIpc) is 2.76. The van der Waals surface area contributed by atoms with Crippen molar-refractivity contribution < 1.29 is 23.1 Å². The molecular formula is C22H25ClF2N4O3. The van der Waals surface area contributed by atoms with Crippen molar-refractivity contribution in [2.24, 2.45) is 0 Å². The van der Waals surface area contributed by atoms with Crippen molar-refractivity contribution in [3.8, 4) is 5.75 Å². The minimum Gasteiger partial charge on any atom is -0.435 e. The highest BCUT2D eigenvalue weighted by Gasteiger charge is 2.20. The highest BCUT2D eigenvalue weighted by atomic mass is 35.5. The summed E-state index contributed by atoms with van der Waals surface area (Å²) in [5, 5.41) is 6.13. The van der Waals surface area contributed by atoms with Gasteiger partial charge in [-0.15, -0.1) is 0 Å². The molecular weight excluding hydrogens is 442 g/mol. The van der Waals surface area contributed by atoms with Crippen LogP contribution in [0.3, 0.4) is 0 Å². The fourth-order valence-electron chi connectivity index (χ4n) is 3.31. The van der Waals surface area contributed by atoms with Gasteiger partial charge in [0.2, 0.25) is 11.8 Å². The number of piperazine rings is 1. The van der Waals surface area contributed by atoms with E-state index in [0.717, 1.165) is 5.56 Å². The van der Waals surface area contributed by atoms with Crippen molar-refractivity contribution in [2.75, 3.05) is 44.6 Å². The number of rotatable bonds is 9. The van der Waals surface area contributed by atoms with Gasteiger partial charge in [-0.3, -0.25) is 19.4 Å². The summed E-state index contributed by atoms with van der Waals surface area (Å²) < 4.78 is 28.7. The lowest BCUT2D eigenvalue weighted by Gasteiger charge is -2.33. The summed E-state index contributed by atoms with van der Waals surface area (Å²) >= 11 is 6.06. The zero-order valence-electron chi connectivity index (χ0n) is 17.4. The SMILES string of the molecule is O=C(CN1CCN(CC(=O)Nc2ccccc2Cl)CC1)NCc1ccc(OC(F)F)cc1. The van der Waals surface area contributed by atoms with E-state index >= 15 is 0 Å².